The first-order valence-corrected chi connectivity index (χ1v) is 16.7. The maximum absolute atomic E-state index is 12.6. The second-order valence-corrected chi connectivity index (χ2v) is 17.1. The second kappa shape index (κ2) is 10.4. The van der Waals surface area contributed by atoms with Crippen molar-refractivity contribution in [3.63, 3.8) is 0 Å². The fourth-order valence-corrected chi connectivity index (χ4v) is 11.9. The van der Waals surface area contributed by atoms with Gasteiger partial charge in [-0.1, -0.05) is 34.6 Å². The number of fused-ring (bicyclic) bond motifs is 5. The molecule has 1 heterocycles. The van der Waals surface area contributed by atoms with Crippen LogP contribution in [0.3, 0.4) is 0 Å². The number of carbonyl (C=O) groups is 3. The zero-order chi connectivity index (χ0) is 32.0. The third-order valence-electron chi connectivity index (χ3n) is 14.1. The average molecular weight is 605 g/mol. The number of rotatable bonds is 6. The van der Waals surface area contributed by atoms with E-state index >= 15 is 0 Å². The molecule has 8 heteroatoms. The minimum Gasteiger partial charge on any atom is -0.481 e. The van der Waals surface area contributed by atoms with Crippen LogP contribution >= 0.6 is 0 Å². The number of carboxylic acid groups (broad SMARTS) is 1. The Labute approximate surface area is 258 Å². The molecule has 0 amide bonds. The van der Waals surface area contributed by atoms with Crippen molar-refractivity contribution in [2.24, 2.45) is 45.3 Å². The SMILES string of the molecule is CC(=O)O[C@@H]1CC2[C@@]3(C)CCC(OC(=O)CC(=O)O)C(C)(C)C3CC[C@@]2(C)[C@]2(C)CC[C@H]([C@@]3(C)CC[C@@H](C(C)(C)O)O3)C12. The molecule has 0 bridgehead atoms. The highest BCUT2D eigenvalue weighted by Crippen LogP contribution is 2.76. The summed E-state index contributed by atoms with van der Waals surface area (Å²) in [6, 6.07) is 0. The normalized spacial score (nSPS) is 47.2. The maximum Gasteiger partial charge on any atom is 0.317 e. The van der Waals surface area contributed by atoms with Gasteiger partial charge in [0, 0.05) is 18.3 Å². The van der Waals surface area contributed by atoms with E-state index < -0.39 is 24.0 Å². The quantitative estimate of drug-likeness (QED) is 0.268. The molecular weight excluding hydrogens is 548 g/mol. The van der Waals surface area contributed by atoms with Crippen LogP contribution in [0.1, 0.15) is 127 Å². The third-order valence-corrected chi connectivity index (χ3v) is 14.1. The van der Waals surface area contributed by atoms with Crippen molar-refractivity contribution in [3.8, 4) is 0 Å². The number of hydrogen-bond acceptors (Lipinski definition) is 7. The summed E-state index contributed by atoms with van der Waals surface area (Å²) in [5.41, 5.74) is -1.66. The molecule has 11 atom stereocenters. The van der Waals surface area contributed by atoms with E-state index in [0.717, 1.165) is 51.4 Å². The first-order valence-electron chi connectivity index (χ1n) is 16.7. The van der Waals surface area contributed by atoms with Gasteiger partial charge >= 0.3 is 17.9 Å². The summed E-state index contributed by atoms with van der Waals surface area (Å²) in [7, 11) is 0. The molecule has 0 aromatic rings. The first kappa shape index (κ1) is 32.7. The van der Waals surface area contributed by atoms with E-state index in [0.29, 0.717) is 12.3 Å². The highest BCUT2D eigenvalue weighted by molar-refractivity contribution is 5.90. The summed E-state index contributed by atoms with van der Waals surface area (Å²) >= 11 is 0. The van der Waals surface area contributed by atoms with E-state index in [4.69, 9.17) is 19.3 Å². The molecule has 0 spiro atoms. The summed E-state index contributed by atoms with van der Waals surface area (Å²) in [5, 5.41) is 19.9. The van der Waals surface area contributed by atoms with Crippen LogP contribution < -0.4 is 0 Å². The molecule has 8 nitrogen and oxygen atoms in total. The van der Waals surface area contributed by atoms with Crippen LogP contribution in [0.5, 0.6) is 0 Å². The topological polar surface area (TPSA) is 119 Å². The minimum atomic E-state index is -1.17. The molecule has 4 aliphatic carbocycles. The lowest BCUT2D eigenvalue weighted by molar-refractivity contribution is -0.254. The molecular formula is C35H56O8. The van der Waals surface area contributed by atoms with Gasteiger partial charge in [-0.2, -0.15) is 0 Å². The number of carboxylic acids is 1. The Hall–Kier alpha value is -1.67. The molecule has 5 rings (SSSR count). The van der Waals surface area contributed by atoms with E-state index in [1.807, 2.05) is 13.8 Å². The Morgan fingerprint density at radius 1 is 0.860 bits per heavy atom. The van der Waals surface area contributed by atoms with Crippen molar-refractivity contribution >= 4 is 17.9 Å². The lowest BCUT2D eigenvalue weighted by Gasteiger charge is -2.70. The molecule has 43 heavy (non-hydrogen) atoms. The van der Waals surface area contributed by atoms with E-state index in [2.05, 4.69) is 41.5 Å². The van der Waals surface area contributed by atoms with Gasteiger partial charge < -0.3 is 24.4 Å². The van der Waals surface area contributed by atoms with Crippen molar-refractivity contribution in [1.29, 1.82) is 0 Å². The van der Waals surface area contributed by atoms with Crippen LogP contribution in [0.15, 0.2) is 0 Å². The zero-order valence-corrected chi connectivity index (χ0v) is 28.0. The predicted octanol–water partition coefficient (Wildman–Crippen LogP) is 6.31. The van der Waals surface area contributed by atoms with Gasteiger partial charge in [0.25, 0.3) is 0 Å². The van der Waals surface area contributed by atoms with Crippen LogP contribution in [0.25, 0.3) is 0 Å². The lowest BCUT2D eigenvalue weighted by atomic mass is 9.35. The number of ether oxygens (including phenoxy) is 3. The Morgan fingerprint density at radius 3 is 2.09 bits per heavy atom. The molecule has 0 aromatic carbocycles. The van der Waals surface area contributed by atoms with E-state index in [-0.39, 0.29) is 69.3 Å². The summed E-state index contributed by atoms with van der Waals surface area (Å²) < 4.78 is 18.9. The summed E-state index contributed by atoms with van der Waals surface area (Å²) in [6.07, 6.45) is 6.90. The second-order valence-electron chi connectivity index (χ2n) is 17.1. The van der Waals surface area contributed by atoms with E-state index in [9.17, 15) is 19.5 Å². The monoisotopic (exact) mass is 604 g/mol. The summed E-state index contributed by atoms with van der Waals surface area (Å²) in [4.78, 5) is 36.2. The fraction of sp³-hybridized carbons (Fsp3) is 0.914. The van der Waals surface area contributed by atoms with Crippen molar-refractivity contribution in [2.45, 2.75) is 156 Å². The van der Waals surface area contributed by atoms with Crippen molar-refractivity contribution in [2.75, 3.05) is 0 Å². The van der Waals surface area contributed by atoms with Gasteiger partial charge in [-0.05, 0) is 113 Å². The van der Waals surface area contributed by atoms with Gasteiger partial charge in [0.05, 0.1) is 17.3 Å². The Balaban J connectivity index is 1.48. The average Bonchev–Trinajstić information content (AvgIpc) is 3.44. The molecule has 2 N–H and O–H groups in total. The van der Waals surface area contributed by atoms with Crippen LogP contribution in [-0.4, -0.2) is 57.6 Å². The summed E-state index contributed by atoms with van der Waals surface area (Å²) in [5.74, 6) is -1.05. The number of esters is 2. The van der Waals surface area contributed by atoms with E-state index in [1.54, 1.807) is 0 Å². The van der Waals surface area contributed by atoms with E-state index in [1.165, 1.54) is 6.92 Å². The van der Waals surface area contributed by atoms with Gasteiger partial charge in [-0.15, -0.1) is 0 Å². The third kappa shape index (κ3) is 5.05. The van der Waals surface area contributed by atoms with Gasteiger partial charge in [-0.3, -0.25) is 14.4 Å². The molecule has 0 aromatic heterocycles. The van der Waals surface area contributed by atoms with Crippen LogP contribution in [0, 0.1) is 45.3 Å². The van der Waals surface area contributed by atoms with Gasteiger partial charge in [-0.25, -0.2) is 0 Å². The van der Waals surface area contributed by atoms with Crippen molar-refractivity contribution in [1.82, 2.24) is 0 Å². The Morgan fingerprint density at radius 2 is 1.51 bits per heavy atom. The number of carbonyl (C=O) groups excluding carboxylic acids is 2. The van der Waals surface area contributed by atoms with Gasteiger partial charge in [0.15, 0.2) is 0 Å². The Kier molecular flexibility index (Phi) is 7.94. The number of aliphatic hydroxyl groups is 1. The standard InChI is InChI=1S/C35H56O8/c1-20(36)41-22-18-24-32(6)14-12-25(42-28(39)19-27(37)38)30(2,3)23(32)11-16-33(24,7)34(8)15-10-21(29(22)34)35(9)17-13-26(43-35)31(4,5)40/h21-26,29,40H,10-19H2,1-9H3,(H,37,38)/t21-,22+,23?,24?,25?,26-,29?,32-,33+,34+,35+/m0/s1. The molecule has 5 aliphatic rings. The van der Waals surface area contributed by atoms with Crippen molar-refractivity contribution < 1.29 is 38.8 Å². The highest BCUT2D eigenvalue weighted by Gasteiger charge is 2.72. The van der Waals surface area contributed by atoms with Crippen LogP contribution in [-0.2, 0) is 28.6 Å². The molecule has 1 aliphatic heterocycles. The predicted molar refractivity (Wildman–Crippen MR) is 161 cm³/mol. The van der Waals surface area contributed by atoms with Crippen LogP contribution in [0.4, 0.5) is 0 Å². The highest BCUT2D eigenvalue weighted by atomic mass is 16.6. The molecule has 0 radical (unpaired) electrons. The number of hydrogen-bond donors (Lipinski definition) is 2. The molecule has 1 saturated heterocycles. The fourth-order valence-electron chi connectivity index (χ4n) is 11.9. The van der Waals surface area contributed by atoms with Gasteiger partial charge in [0.1, 0.15) is 18.6 Å². The zero-order valence-electron chi connectivity index (χ0n) is 28.0. The van der Waals surface area contributed by atoms with Gasteiger partial charge in [0.2, 0.25) is 0 Å². The van der Waals surface area contributed by atoms with Crippen molar-refractivity contribution in [3.05, 3.63) is 0 Å². The lowest BCUT2D eigenvalue weighted by Crippen LogP contribution is -2.67. The Bertz CT molecular complexity index is 1140. The molecule has 4 saturated carbocycles. The first-order chi connectivity index (χ1) is 19.7. The minimum absolute atomic E-state index is 0.0296. The smallest absolute Gasteiger partial charge is 0.317 e. The van der Waals surface area contributed by atoms with Crippen LogP contribution in [0.2, 0.25) is 0 Å². The summed E-state index contributed by atoms with van der Waals surface area (Å²) in [6.45, 7) is 19.2. The maximum atomic E-state index is 12.6. The largest absolute Gasteiger partial charge is 0.481 e. The molecule has 5 fully saturated rings. The molecule has 244 valence electrons. The molecule has 4 unspecified atom stereocenters. The number of aliphatic carboxylic acids is 1.